The first kappa shape index (κ1) is 15.5. The van der Waals surface area contributed by atoms with E-state index in [4.69, 9.17) is 5.11 Å². The van der Waals surface area contributed by atoms with Gasteiger partial charge >= 0.3 is 5.97 Å². The first-order chi connectivity index (χ1) is 9.00. The molecular weight excluding hydrogens is 244 g/mol. The van der Waals surface area contributed by atoms with Gasteiger partial charge in [-0.05, 0) is 30.7 Å². The van der Waals surface area contributed by atoms with Gasteiger partial charge in [0.25, 0.3) is 0 Å². The first-order valence-corrected chi connectivity index (χ1v) is 6.38. The summed E-state index contributed by atoms with van der Waals surface area (Å²) in [7, 11) is 3.94. The van der Waals surface area contributed by atoms with Crippen molar-refractivity contribution in [1.82, 2.24) is 5.32 Å². The van der Waals surface area contributed by atoms with Crippen molar-refractivity contribution < 1.29 is 15.0 Å². The second kappa shape index (κ2) is 7.76. The summed E-state index contributed by atoms with van der Waals surface area (Å²) in [5.41, 5.74) is 1.95. The van der Waals surface area contributed by atoms with Crippen LogP contribution in [0.15, 0.2) is 24.3 Å². The zero-order chi connectivity index (χ0) is 14.3. The molecule has 0 radical (unpaired) electrons. The minimum atomic E-state index is -0.790. The Bertz CT molecular complexity index is 390. The molecule has 5 heteroatoms. The van der Waals surface area contributed by atoms with Gasteiger partial charge in [-0.3, -0.25) is 4.79 Å². The Morgan fingerprint density at radius 3 is 2.47 bits per heavy atom. The van der Waals surface area contributed by atoms with Crippen molar-refractivity contribution in [3.63, 3.8) is 0 Å². The summed E-state index contributed by atoms with van der Waals surface area (Å²) in [4.78, 5) is 12.3. The third-order valence-electron chi connectivity index (χ3n) is 2.88. The predicted molar refractivity (Wildman–Crippen MR) is 75.5 cm³/mol. The van der Waals surface area contributed by atoms with Crippen LogP contribution in [0.5, 0.6) is 0 Å². The van der Waals surface area contributed by atoms with Gasteiger partial charge < -0.3 is 20.4 Å². The Kier molecular flexibility index (Phi) is 6.32. The number of aliphatic hydroxyl groups excluding tert-OH is 1. The Balaban J connectivity index is 2.32. The molecule has 1 unspecified atom stereocenters. The fraction of sp³-hybridized carbons (Fsp3) is 0.500. The van der Waals surface area contributed by atoms with Crippen LogP contribution in [0.2, 0.25) is 0 Å². The highest BCUT2D eigenvalue weighted by Gasteiger charge is 2.07. The van der Waals surface area contributed by atoms with E-state index in [1.807, 2.05) is 43.3 Å². The minimum absolute atomic E-state index is 0.153. The second-order valence-corrected chi connectivity index (χ2v) is 4.70. The summed E-state index contributed by atoms with van der Waals surface area (Å²) in [5.74, 6) is -0.790. The molecule has 106 valence electrons. The average molecular weight is 266 g/mol. The van der Waals surface area contributed by atoms with Crippen molar-refractivity contribution in [2.24, 2.45) is 0 Å². The van der Waals surface area contributed by atoms with Crippen LogP contribution >= 0.6 is 0 Å². The first-order valence-electron chi connectivity index (χ1n) is 6.38. The number of aliphatic hydroxyl groups is 1. The standard InChI is InChI=1S/C14H22N2O3/c1-16(2)12-7-5-11(6-8-12)13(17)10-15-9-3-4-14(18)19/h5-8,13,15,17H,3-4,9-10H2,1-2H3,(H,18,19). The molecule has 1 atom stereocenters. The summed E-state index contributed by atoms with van der Waals surface area (Å²) in [5, 5.41) is 21.5. The summed E-state index contributed by atoms with van der Waals surface area (Å²) in [6.45, 7) is 1.03. The average Bonchev–Trinajstić information content (AvgIpc) is 2.37. The lowest BCUT2D eigenvalue weighted by Crippen LogP contribution is -2.23. The van der Waals surface area contributed by atoms with Crippen molar-refractivity contribution in [3.8, 4) is 0 Å². The smallest absolute Gasteiger partial charge is 0.303 e. The number of carbonyl (C=O) groups is 1. The van der Waals surface area contributed by atoms with Crippen LogP contribution in [-0.4, -0.2) is 43.4 Å². The topological polar surface area (TPSA) is 72.8 Å². The summed E-state index contributed by atoms with van der Waals surface area (Å²) in [6, 6.07) is 7.73. The zero-order valence-corrected chi connectivity index (χ0v) is 11.5. The Labute approximate surface area is 113 Å². The van der Waals surface area contributed by atoms with E-state index in [0.717, 1.165) is 11.3 Å². The van der Waals surface area contributed by atoms with Crippen molar-refractivity contribution in [3.05, 3.63) is 29.8 Å². The van der Waals surface area contributed by atoms with Crippen molar-refractivity contribution in [2.75, 3.05) is 32.1 Å². The summed E-state index contributed by atoms with van der Waals surface area (Å²) >= 11 is 0. The maximum absolute atomic E-state index is 10.3. The monoisotopic (exact) mass is 266 g/mol. The zero-order valence-electron chi connectivity index (χ0n) is 11.5. The predicted octanol–water partition coefficient (Wildman–Crippen LogP) is 1.24. The van der Waals surface area contributed by atoms with Gasteiger partial charge in [-0.2, -0.15) is 0 Å². The number of carboxylic acids is 1. The van der Waals surface area contributed by atoms with Gasteiger partial charge in [0, 0.05) is 32.7 Å². The number of carboxylic acid groups (broad SMARTS) is 1. The molecule has 5 nitrogen and oxygen atoms in total. The highest BCUT2D eigenvalue weighted by atomic mass is 16.4. The van der Waals surface area contributed by atoms with Gasteiger partial charge in [0.05, 0.1) is 6.10 Å². The number of benzene rings is 1. The Morgan fingerprint density at radius 2 is 1.95 bits per heavy atom. The van der Waals surface area contributed by atoms with Crippen LogP contribution in [0.1, 0.15) is 24.5 Å². The number of hydrogen-bond donors (Lipinski definition) is 3. The molecule has 0 amide bonds. The lowest BCUT2D eigenvalue weighted by Gasteiger charge is -2.15. The largest absolute Gasteiger partial charge is 0.481 e. The normalized spacial score (nSPS) is 12.2. The molecule has 0 aliphatic heterocycles. The quantitative estimate of drug-likeness (QED) is 0.617. The van der Waals surface area contributed by atoms with Gasteiger partial charge in [0.15, 0.2) is 0 Å². The van der Waals surface area contributed by atoms with Gasteiger partial charge in [-0.15, -0.1) is 0 Å². The summed E-state index contributed by atoms with van der Waals surface area (Å²) < 4.78 is 0. The van der Waals surface area contributed by atoms with Crippen LogP contribution in [0.4, 0.5) is 5.69 Å². The highest BCUT2D eigenvalue weighted by molar-refractivity contribution is 5.66. The molecule has 0 bridgehead atoms. The van der Waals surface area contributed by atoms with E-state index in [1.54, 1.807) is 0 Å². The highest BCUT2D eigenvalue weighted by Crippen LogP contribution is 2.17. The minimum Gasteiger partial charge on any atom is -0.481 e. The molecule has 0 fully saturated rings. The molecule has 1 aromatic carbocycles. The molecule has 3 N–H and O–H groups in total. The molecule has 1 aromatic rings. The Hall–Kier alpha value is -1.59. The molecule has 0 heterocycles. The van der Waals surface area contributed by atoms with E-state index >= 15 is 0 Å². The van der Waals surface area contributed by atoms with E-state index in [2.05, 4.69) is 5.32 Å². The maximum Gasteiger partial charge on any atom is 0.303 e. The van der Waals surface area contributed by atoms with Crippen molar-refractivity contribution in [1.29, 1.82) is 0 Å². The number of nitrogens with zero attached hydrogens (tertiary/aromatic N) is 1. The van der Waals surface area contributed by atoms with Crippen LogP contribution in [0.25, 0.3) is 0 Å². The molecule has 0 saturated heterocycles. The van der Waals surface area contributed by atoms with Crippen molar-refractivity contribution in [2.45, 2.75) is 18.9 Å². The molecule has 1 rings (SSSR count). The molecule has 0 aliphatic carbocycles. The SMILES string of the molecule is CN(C)c1ccc(C(O)CNCCCC(=O)O)cc1. The van der Waals surface area contributed by atoms with Gasteiger partial charge in [0.2, 0.25) is 0 Å². The fourth-order valence-corrected chi connectivity index (χ4v) is 1.72. The van der Waals surface area contributed by atoms with Crippen LogP contribution < -0.4 is 10.2 Å². The van der Waals surface area contributed by atoms with Gasteiger partial charge in [-0.1, -0.05) is 12.1 Å². The van der Waals surface area contributed by atoms with Gasteiger partial charge in [-0.25, -0.2) is 0 Å². The van der Waals surface area contributed by atoms with Crippen LogP contribution in [0, 0.1) is 0 Å². The molecular formula is C14H22N2O3. The molecule has 0 saturated carbocycles. The number of anilines is 1. The number of aliphatic carboxylic acids is 1. The molecule has 0 aromatic heterocycles. The fourth-order valence-electron chi connectivity index (χ4n) is 1.72. The van der Waals surface area contributed by atoms with Crippen LogP contribution in [0.3, 0.4) is 0 Å². The summed E-state index contributed by atoms with van der Waals surface area (Å²) in [6.07, 6.45) is 0.156. The lowest BCUT2D eigenvalue weighted by atomic mass is 10.1. The van der Waals surface area contributed by atoms with E-state index in [9.17, 15) is 9.90 Å². The number of hydrogen-bond acceptors (Lipinski definition) is 4. The molecule has 0 spiro atoms. The van der Waals surface area contributed by atoms with Gasteiger partial charge in [0.1, 0.15) is 0 Å². The van der Waals surface area contributed by atoms with E-state index in [0.29, 0.717) is 19.5 Å². The van der Waals surface area contributed by atoms with Crippen molar-refractivity contribution >= 4 is 11.7 Å². The third-order valence-corrected chi connectivity index (χ3v) is 2.88. The molecule has 0 aliphatic rings. The van der Waals surface area contributed by atoms with E-state index < -0.39 is 12.1 Å². The maximum atomic E-state index is 10.3. The number of rotatable bonds is 8. The van der Waals surface area contributed by atoms with Crippen LogP contribution in [-0.2, 0) is 4.79 Å². The second-order valence-electron chi connectivity index (χ2n) is 4.70. The third kappa shape index (κ3) is 5.72. The molecule has 19 heavy (non-hydrogen) atoms. The lowest BCUT2D eigenvalue weighted by molar-refractivity contribution is -0.137. The number of nitrogens with one attached hydrogen (secondary N) is 1. The van der Waals surface area contributed by atoms with E-state index in [-0.39, 0.29) is 6.42 Å². The Morgan fingerprint density at radius 1 is 1.32 bits per heavy atom. The van der Waals surface area contributed by atoms with E-state index in [1.165, 1.54) is 0 Å².